The molecule has 0 radical (unpaired) electrons. The average Bonchev–Trinajstić information content (AvgIpc) is 2.33. The summed E-state index contributed by atoms with van der Waals surface area (Å²) in [5.74, 6) is -0.148. The van der Waals surface area contributed by atoms with Gasteiger partial charge in [-0.05, 0) is 25.2 Å². The van der Waals surface area contributed by atoms with Crippen molar-refractivity contribution in [1.29, 1.82) is 0 Å². The van der Waals surface area contributed by atoms with Crippen molar-refractivity contribution in [3.05, 3.63) is 0 Å². The van der Waals surface area contributed by atoms with Crippen molar-refractivity contribution in [2.45, 2.75) is 63.3 Å². The van der Waals surface area contributed by atoms with Gasteiger partial charge in [-0.25, -0.2) is 9.59 Å². The van der Waals surface area contributed by atoms with Gasteiger partial charge in [0.25, 0.3) is 0 Å². The summed E-state index contributed by atoms with van der Waals surface area (Å²) in [5, 5.41) is 14.8. The molecule has 0 aromatic heterocycles. The highest BCUT2D eigenvalue weighted by Gasteiger charge is 2.40. The number of carbonyl (C=O) groups is 2. The minimum atomic E-state index is -1.04. The number of hydrogen-bond donors (Lipinski definition) is 3. The van der Waals surface area contributed by atoms with E-state index in [1.807, 2.05) is 0 Å². The lowest BCUT2D eigenvalue weighted by Crippen LogP contribution is -2.58. The second-order valence-electron chi connectivity index (χ2n) is 5.91. The number of rotatable bonds is 5. The van der Waals surface area contributed by atoms with Crippen LogP contribution in [0.15, 0.2) is 0 Å². The summed E-state index contributed by atoms with van der Waals surface area (Å²) < 4.78 is 0. The Labute approximate surface area is 114 Å². The van der Waals surface area contributed by atoms with E-state index in [4.69, 9.17) is 0 Å². The van der Waals surface area contributed by atoms with Crippen molar-refractivity contribution >= 4 is 12.0 Å². The topological polar surface area (TPSA) is 78.4 Å². The molecule has 2 saturated carbocycles. The molecule has 2 aliphatic rings. The van der Waals surface area contributed by atoms with Crippen LogP contribution < -0.4 is 10.6 Å². The average molecular weight is 268 g/mol. The zero-order valence-corrected chi connectivity index (χ0v) is 11.4. The first-order valence-electron chi connectivity index (χ1n) is 7.42. The SMILES string of the molecule is O=C(NCCC1CCC1)NC1(C(=O)O)CCCCC1. The second-order valence-corrected chi connectivity index (χ2v) is 5.91. The van der Waals surface area contributed by atoms with Crippen LogP contribution in [0, 0.1) is 5.92 Å². The van der Waals surface area contributed by atoms with Crippen molar-refractivity contribution in [3.63, 3.8) is 0 Å². The van der Waals surface area contributed by atoms with E-state index in [0.29, 0.717) is 19.4 Å². The number of amides is 2. The molecule has 0 aliphatic heterocycles. The second kappa shape index (κ2) is 6.26. The van der Waals surface area contributed by atoms with Crippen molar-refractivity contribution in [2.24, 2.45) is 5.92 Å². The lowest BCUT2D eigenvalue weighted by atomic mass is 9.82. The van der Waals surface area contributed by atoms with E-state index in [9.17, 15) is 14.7 Å². The van der Waals surface area contributed by atoms with Crippen molar-refractivity contribution < 1.29 is 14.7 Å². The van der Waals surface area contributed by atoms with Crippen LogP contribution in [0.1, 0.15) is 57.8 Å². The highest BCUT2D eigenvalue weighted by Crippen LogP contribution is 2.29. The molecule has 2 aliphatic carbocycles. The number of urea groups is 1. The third-order valence-electron chi connectivity index (χ3n) is 4.53. The maximum atomic E-state index is 11.8. The molecule has 5 heteroatoms. The van der Waals surface area contributed by atoms with E-state index in [1.54, 1.807) is 0 Å². The van der Waals surface area contributed by atoms with Gasteiger partial charge < -0.3 is 15.7 Å². The molecule has 5 nitrogen and oxygen atoms in total. The van der Waals surface area contributed by atoms with Gasteiger partial charge in [0, 0.05) is 6.54 Å². The van der Waals surface area contributed by atoms with Crippen LogP contribution in [0.25, 0.3) is 0 Å². The Morgan fingerprint density at radius 1 is 1.11 bits per heavy atom. The number of carbonyl (C=O) groups excluding carboxylic acids is 1. The molecule has 19 heavy (non-hydrogen) atoms. The molecule has 0 heterocycles. The highest BCUT2D eigenvalue weighted by atomic mass is 16.4. The van der Waals surface area contributed by atoms with Gasteiger partial charge in [-0.15, -0.1) is 0 Å². The van der Waals surface area contributed by atoms with Gasteiger partial charge in [-0.1, -0.05) is 38.5 Å². The minimum Gasteiger partial charge on any atom is -0.480 e. The molecule has 2 amide bonds. The minimum absolute atomic E-state index is 0.330. The Kier molecular flexibility index (Phi) is 4.66. The molecule has 0 aromatic carbocycles. The zero-order chi connectivity index (χ0) is 13.7. The molecule has 0 bridgehead atoms. The van der Waals surface area contributed by atoms with E-state index in [0.717, 1.165) is 31.6 Å². The Morgan fingerprint density at radius 3 is 2.32 bits per heavy atom. The van der Waals surface area contributed by atoms with Gasteiger partial charge in [-0.3, -0.25) is 0 Å². The van der Waals surface area contributed by atoms with Crippen LogP contribution in [0.2, 0.25) is 0 Å². The lowest BCUT2D eigenvalue weighted by molar-refractivity contribution is -0.145. The number of nitrogens with one attached hydrogen (secondary N) is 2. The van der Waals surface area contributed by atoms with Gasteiger partial charge in [0.05, 0.1) is 0 Å². The van der Waals surface area contributed by atoms with Gasteiger partial charge >= 0.3 is 12.0 Å². The van der Waals surface area contributed by atoms with Crippen LogP contribution in [-0.4, -0.2) is 29.2 Å². The van der Waals surface area contributed by atoms with Crippen LogP contribution in [0.5, 0.6) is 0 Å². The molecule has 2 rings (SSSR count). The normalized spacial score (nSPS) is 22.3. The molecule has 3 N–H and O–H groups in total. The van der Waals surface area contributed by atoms with Gasteiger partial charge in [0.1, 0.15) is 5.54 Å². The quantitative estimate of drug-likeness (QED) is 0.715. The third-order valence-corrected chi connectivity index (χ3v) is 4.53. The summed E-state index contributed by atoms with van der Waals surface area (Å²) in [6.07, 6.45) is 8.72. The van der Waals surface area contributed by atoms with Crippen LogP contribution in [0.3, 0.4) is 0 Å². The van der Waals surface area contributed by atoms with Crippen LogP contribution in [-0.2, 0) is 4.79 Å². The maximum Gasteiger partial charge on any atom is 0.329 e. The van der Waals surface area contributed by atoms with E-state index in [1.165, 1.54) is 19.3 Å². The molecule has 2 fully saturated rings. The van der Waals surface area contributed by atoms with Crippen molar-refractivity contribution in [1.82, 2.24) is 10.6 Å². The fourth-order valence-electron chi connectivity index (χ4n) is 2.98. The van der Waals surface area contributed by atoms with Crippen molar-refractivity contribution in [2.75, 3.05) is 6.54 Å². The molecule has 0 spiro atoms. The summed E-state index contributed by atoms with van der Waals surface area (Å²) in [7, 11) is 0. The Morgan fingerprint density at radius 2 is 1.79 bits per heavy atom. The number of aliphatic carboxylic acids is 1. The number of hydrogen-bond acceptors (Lipinski definition) is 2. The first-order chi connectivity index (χ1) is 9.12. The zero-order valence-electron chi connectivity index (χ0n) is 11.4. The maximum absolute atomic E-state index is 11.8. The summed E-state index contributed by atoms with van der Waals surface area (Å²) >= 11 is 0. The van der Waals surface area contributed by atoms with Gasteiger partial charge in [-0.2, -0.15) is 0 Å². The van der Waals surface area contributed by atoms with Crippen LogP contribution >= 0.6 is 0 Å². The molecular formula is C14H24N2O3. The monoisotopic (exact) mass is 268 g/mol. The molecule has 0 aromatic rings. The largest absolute Gasteiger partial charge is 0.480 e. The Hall–Kier alpha value is -1.26. The van der Waals surface area contributed by atoms with Crippen molar-refractivity contribution in [3.8, 4) is 0 Å². The summed E-state index contributed by atoms with van der Waals surface area (Å²) in [6.45, 7) is 0.645. The number of carboxylic acids is 1. The summed E-state index contributed by atoms with van der Waals surface area (Å²) in [5.41, 5.74) is -1.04. The Balaban J connectivity index is 1.76. The smallest absolute Gasteiger partial charge is 0.329 e. The molecule has 0 unspecified atom stereocenters. The van der Waals surface area contributed by atoms with E-state index in [-0.39, 0.29) is 6.03 Å². The molecule has 0 atom stereocenters. The third kappa shape index (κ3) is 3.61. The lowest BCUT2D eigenvalue weighted by Gasteiger charge is -2.34. The number of carboxylic acid groups (broad SMARTS) is 1. The molecule has 0 saturated heterocycles. The van der Waals surface area contributed by atoms with E-state index < -0.39 is 11.5 Å². The van der Waals surface area contributed by atoms with Crippen LogP contribution in [0.4, 0.5) is 4.79 Å². The standard InChI is InChI=1S/C14H24N2O3/c17-12(18)14(8-2-1-3-9-14)16-13(19)15-10-7-11-5-4-6-11/h11H,1-10H2,(H,17,18)(H2,15,16,19). The highest BCUT2D eigenvalue weighted by molar-refractivity contribution is 5.86. The fraction of sp³-hybridized carbons (Fsp3) is 0.857. The van der Waals surface area contributed by atoms with E-state index >= 15 is 0 Å². The molecule has 108 valence electrons. The molecular weight excluding hydrogens is 244 g/mol. The van der Waals surface area contributed by atoms with Gasteiger partial charge in [0.15, 0.2) is 0 Å². The first-order valence-corrected chi connectivity index (χ1v) is 7.42. The predicted molar refractivity (Wildman–Crippen MR) is 71.9 cm³/mol. The Bertz CT molecular complexity index is 334. The van der Waals surface area contributed by atoms with E-state index in [2.05, 4.69) is 10.6 Å². The predicted octanol–water partition coefficient (Wildman–Crippen LogP) is 2.26. The summed E-state index contributed by atoms with van der Waals surface area (Å²) in [4.78, 5) is 23.2. The fourth-order valence-corrected chi connectivity index (χ4v) is 2.98. The van der Waals surface area contributed by atoms with Gasteiger partial charge in [0.2, 0.25) is 0 Å². The summed E-state index contributed by atoms with van der Waals surface area (Å²) in [6, 6.07) is -0.330. The first kappa shape index (κ1) is 14.2.